The van der Waals surface area contributed by atoms with E-state index in [2.05, 4.69) is 0 Å². The van der Waals surface area contributed by atoms with Crippen LogP contribution in [-0.2, 0) is 24.3 Å². The molecule has 1 heterocycles. The summed E-state index contributed by atoms with van der Waals surface area (Å²) in [5.74, 6) is -1.06. The summed E-state index contributed by atoms with van der Waals surface area (Å²) in [6.45, 7) is 5.25. The van der Waals surface area contributed by atoms with Crippen LogP contribution in [0.25, 0.3) is 0 Å². The Hall–Kier alpha value is -2.91. The molecule has 0 aliphatic carbocycles. The third-order valence-electron chi connectivity index (χ3n) is 4.94. The van der Waals surface area contributed by atoms with E-state index in [1.807, 2.05) is 0 Å². The minimum atomic E-state index is -3.89. The van der Waals surface area contributed by atoms with Crippen LogP contribution in [0.15, 0.2) is 59.5 Å². The standard InChI is InChI=1S/C22H26N2O6S/c1-3-24(19-9-5-4-6-10-19)31(27,28)20-11-7-8-18(16-20)22(26)30-17(2)21(25)23-12-14-29-15-13-23/h4-11,16-17H,3,12-15H2,1-2H3. The van der Waals surface area contributed by atoms with Gasteiger partial charge in [0.2, 0.25) is 0 Å². The third-order valence-corrected chi connectivity index (χ3v) is 6.84. The second kappa shape index (κ2) is 9.93. The van der Waals surface area contributed by atoms with Crippen molar-refractivity contribution >= 4 is 27.6 Å². The predicted octanol–water partition coefficient (Wildman–Crippen LogP) is 2.31. The van der Waals surface area contributed by atoms with E-state index in [1.54, 1.807) is 42.2 Å². The van der Waals surface area contributed by atoms with E-state index in [9.17, 15) is 18.0 Å². The molecular weight excluding hydrogens is 420 g/mol. The van der Waals surface area contributed by atoms with Crippen molar-refractivity contribution in [1.82, 2.24) is 4.90 Å². The fourth-order valence-electron chi connectivity index (χ4n) is 3.32. The molecule has 0 N–H and O–H groups in total. The van der Waals surface area contributed by atoms with E-state index in [0.29, 0.717) is 32.0 Å². The van der Waals surface area contributed by atoms with E-state index < -0.39 is 22.1 Å². The van der Waals surface area contributed by atoms with Crippen LogP contribution < -0.4 is 4.31 Å². The first-order valence-corrected chi connectivity index (χ1v) is 11.5. The predicted molar refractivity (Wildman–Crippen MR) is 115 cm³/mol. The minimum absolute atomic E-state index is 0.0280. The summed E-state index contributed by atoms with van der Waals surface area (Å²) >= 11 is 0. The molecule has 1 unspecified atom stereocenters. The average Bonchev–Trinajstić information content (AvgIpc) is 2.80. The van der Waals surface area contributed by atoms with Crippen LogP contribution in [0.1, 0.15) is 24.2 Å². The molecule has 0 spiro atoms. The number of amides is 1. The monoisotopic (exact) mass is 446 g/mol. The summed E-state index contributed by atoms with van der Waals surface area (Å²) in [5.41, 5.74) is 0.592. The molecule has 1 amide bonds. The molecule has 0 radical (unpaired) electrons. The van der Waals surface area contributed by atoms with Gasteiger partial charge in [0.05, 0.1) is 29.4 Å². The Morgan fingerprint density at radius 2 is 1.77 bits per heavy atom. The first kappa shape index (κ1) is 22.8. The maximum Gasteiger partial charge on any atom is 0.338 e. The minimum Gasteiger partial charge on any atom is -0.449 e. The molecule has 1 atom stereocenters. The van der Waals surface area contributed by atoms with Gasteiger partial charge >= 0.3 is 5.97 Å². The molecule has 31 heavy (non-hydrogen) atoms. The number of rotatable bonds is 7. The van der Waals surface area contributed by atoms with Crippen LogP contribution in [0, 0.1) is 0 Å². The van der Waals surface area contributed by atoms with Crippen molar-refractivity contribution in [2.75, 3.05) is 37.2 Å². The van der Waals surface area contributed by atoms with E-state index >= 15 is 0 Å². The highest BCUT2D eigenvalue weighted by Gasteiger charge is 2.27. The third kappa shape index (κ3) is 5.23. The zero-order chi connectivity index (χ0) is 22.4. The second-order valence-corrected chi connectivity index (χ2v) is 8.88. The number of sulfonamides is 1. The molecule has 3 rings (SSSR count). The number of para-hydroxylation sites is 1. The highest BCUT2D eigenvalue weighted by atomic mass is 32.2. The van der Waals surface area contributed by atoms with Crippen LogP contribution in [0.2, 0.25) is 0 Å². The van der Waals surface area contributed by atoms with Gasteiger partial charge in [-0.3, -0.25) is 9.10 Å². The molecule has 0 aromatic heterocycles. The molecular formula is C22H26N2O6S. The quantitative estimate of drug-likeness (QED) is 0.606. The van der Waals surface area contributed by atoms with Gasteiger partial charge in [0.1, 0.15) is 0 Å². The molecule has 9 heteroatoms. The Bertz CT molecular complexity index is 1020. The number of carbonyl (C=O) groups excluding carboxylic acids is 2. The number of benzene rings is 2. The summed E-state index contributed by atoms with van der Waals surface area (Å²) in [7, 11) is -3.89. The number of anilines is 1. The first-order chi connectivity index (χ1) is 14.8. The molecule has 0 saturated carbocycles. The maximum absolute atomic E-state index is 13.2. The van der Waals surface area contributed by atoms with Gasteiger partial charge in [-0.25, -0.2) is 13.2 Å². The lowest BCUT2D eigenvalue weighted by Gasteiger charge is -2.29. The molecule has 2 aromatic rings. The summed E-state index contributed by atoms with van der Waals surface area (Å²) in [5, 5.41) is 0. The number of hydrogen-bond acceptors (Lipinski definition) is 6. The lowest BCUT2D eigenvalue weighted by molar-refractivity contribution is -0.143. The van der Waals surface area contributed by atoms with Gasteiger partial charge in [0.15, 0.2) is 6.10 Å². The fourth-order valence-corrected chi connectivity index (χ4v) is 4.84. The molecule has 8 nitrogen and oxygen atoms in total. The van der Waals surface area contributed by atoms with Crippen molar-refractivity contribution in [2.45, 2.75) is 24.8 Å². The summed E-state index contributed by atoms with van der Waals surface area (Å²) in [6, 6.07) is 14.4. The SMILES string of the molecule is CCN(c1ccccc1)S(=O)(=O)c1cccc(C(=O)OC(C)C(=O)N2CCOCC2)c1. The number of hydrogen-bond donors (Lipinski definition) is 0. The van der Waals surface area contributed by atoms with E-state index in [1.165, 1.54) is 35.5 Å². The van der Waals surface area contributed by atoms with Gasteiger partial charge < -0.3 is 14.4 Å². The van der Waals surface area contributed by atoms with E-state index in [4.69, 9.17) is 9.47 Å². The number of ether oxygens (including phenoxy) is 2. The second-order valence-electron chi connectivity index (χ2n) is 7.02. The highest BCUT2D eigenvalue weighted by molar-refractivity contribution is 7.92. The number of morpholine rings is 1. The Morgan fingerprint density at radius 3 is 2.42 bits per heavy atom. The van der Waals surface area contributed by atoms with Gasteiger partial charge in [0.25, 0.3) is 15.9 Å². The van der Waals surface area contributed by atoms with Crippen molar-refractivity contribution < 1.29 is 27.5 Å². The van der Waals surface area contributed by atoms with Crippen molar-refractivity contribution in [3.8, 4) is 0 Å². The summed E-state index contributed by atoms with van der Waals surface area (Å²) in [6.07, 6.45) is -0.984. The van der Waals surface area contributed by atoms with E-state index in [-0.39, 0.29) is 22.9 Å². The van der Waals surface area contributed by atoms with Gasteiger partial charge in [-0.05, 0) is 44.2 Å². The first-order valence-electron chi connectivity index (χ1n) is 10.1. The Kier molecular flexibility index (Phi) is 7.29. The Balaban J connectivity index is 1.77. The van der Waals surface area contributed by atoms with Crippen LogP contribution in [-0.4, -0.2) is 64.1 Å². The molecule has 1 aliphatic rings. The summed E-state index contributed by atoms with van der Waals surface area (Å²) in [4.78, 5) is 26.6. The highest BCUT2D eigenvalue weighted by Crippen LogP contribution is 2.24. The van der Waals surface area contributed by atoms with Crippen molar-refractivity contribution in [1.29, 1.82) is 0 Å². The molecule has 1 fully saturated rings. The normalized spacial score (nSPS) is 15.2. The van der Waals surface area contributed by atoms with Crippen LogP contribution in [0.5, 0.6) is 0 Å². The molecule has 1 aliphatic heterocycles. The zero-order valence-corrected chi connectivity index (χ0v) is 18.4. The molecule has 166 valence electrons. The van der Waals surface area contributed by atoms with E-state index in [0.717, 1.165) is 0 Å². The average molecular weight is 447 g/mol. The fraction of sp³-hybridized carbons (Fsp3) is 0.364. The van der Waals surface area contributed by atoms with Gasteiger partial charge in [-0.15, -0.1) is 0 Å². The van der Waals surface area contributed by atoms with Gasteiger partial charge in [0, 0.05) is 19.6 Å². The lowest BCUT2D eigenvalue weighted by Crippen LogP contribution is -2.46. The largest absolute Gasteiger partial charge is 0.449 e. The molecule has 0 bridgehead atoms. The number of esters is 1. The van der Waals surface area contributed by atoms with Gasteiger partial charge in [-0.1, -0.05) is 24.3 Å². The van der Waals surface area contributed by atoms with Gasteiger partial charge in [-0.2, -0.15) is 0 Å². The van der Waals surface area contributed by atoms with Crippen LogP contribution in [0.4, 0.5) is 5.69 Å². The van der Waals surface area contributed by atoms with Crippen molar-refractivity contribution in [3.63, 3.8) is 0 Å². The van der Waals surface area contributed by atoms with Crippen molar-refractivity contribution in [2.24, 2.45) is 0 Å². The zero-order valence-electron chi connectivity index (χ0n) is 17.6. The topological polar surface area (TPSA) is 93.2 Å². The van der Waals surface area contributed by atoms with Crippen LogP contribution in [0.3, 0.4) is 0 Å². The summed E-state index contributed by atoms with van der Waals surface area (Å²) < 4.78 is 38.2. The number of nitrogens with zero attached hydrogens (tertiary/aromatic N) is 2. The smallest absolute Gasteiger partial charge is 0.338 e. The van der Waals surface area contributed by atoms with Crippen molar-refractivity contribution in [3.05, 3.63) is 60.2 Å². The lowest BCUT2D eigenvalue weighted by atomic mass is 10.2. The number of carbonyl (C=O) groups is 2. The molecule has 2 aromatic carbocycles. The van der Waals surface area contributed by atoms with Crippen LogP contribution >= 0.6 is 0 Å². The Morgan fingerprint density at radius 1 is 1.10 bits per heavy atom. The molecule has 1 saturated heterocycles. The Labute approximate surface area is 182 Å². The maximum atomic E-state index is 13.2.